The van der Waals surface area contributed by atoms with E-state index in [1.807, 2.05) is 0 Å². The van der Waals surface area contributed by atoms with E-state index in [9.17, 15) is 0 Å². The number of rotatable bonds is 6. The van der Waals surface area contributed by atoms with Gasteiger partial charge in [0.05, 0.1) is 0 Å². The highest BCUT2D eigenvalue weighted by Gasteiger charge is 2.17. The van der Waals surface area contributed by atoms with Crippen molar-refractivity contribution < 1.29 is 0 Å². The smallest absolute Gasteiger partial charge is 0.205 e. The van der Waals surface area contributed by atoms with Crippen LogP contribution in [-0.4, -0.2) is 41.3 Å². The van der Waals surface area contributed by atoms with Crippen molar-refractivity contribution in [1.29, 1.82) is 0 Å². The Balaban J connectivity index is 1.57. The van der Waals surface area contributed by atoms with Crippen molar-refractivity contribution in [3.05, 3.63) is 5.51 Å². The van der Waals surface area contributed by atoms with Gasteiger partial charge >= 0.3 is 0 Å². The van der Waals surface area contributed by atoms with E-state index in [1.54, 1.807) is 16.8 Å². The van der Waals surface area contributed by atoms with Gasteiger partial charge in [-0.05, 0) is 32.9 Å². The SMILES string of the molecule is CN(CCCNc1nncs1)C1CCCCC1. The second-order valence-electron chi connectivity index (χ2n) is 4.80. The molecule has 1 N–H and O–H groups in total. The van der Waals surface area contributed by atoms with Crippen molar-refractivity contribution >= 4 is 16.5 Å². The molecule has 0 spiro atoms. The molecule has 0 saturated heterocycles. The molecular formula is C12H22N4S. The van der Waals surface area contributed by atoms with Crippen molar-refractivity contribution in [2.24, 2.45) is 0 Å². The van der Waals surface area contributed by atoms with Crippen LogP contribution in [0, 0.1) is 0 Å². The number of nitrogens with one attached hydrogen (secondary N) is 1. The van der Waals surface area contributed by atoms with Gasteiger partial charge in [0.25, 0.3) is 0 Å². The summed E-state index contributed by atoms with van der Waals surface area (Å²) in [6.45, 7) is 2.17. The van der Waals surface area contributed by atoms with Crippen LogP contribution in [0.4, 0.5) is 5.13 Å². The van der Waals surface area contributed by atoms with Crippen molar-refractivity contribution in [3.63, 3.8) is 0 Å². The highest BCUT2D eigenvalue weighted by atomic mass is 32.1. The van der Waals surface area contributed by atoms with Gasteiger partial charge in [-0.15, -0.1) is 10.2 Å². The Morgan fingerprint density at radius 3 is 2.94 bits per heavy atom. The van der Waals surface area contributed by atoms with Gasteiger partial charge in [-0.3, -0.25) is 0 Å². The average molecular weight is 254 g/mol. The Labute approximate surface area is 107 Å². The fraction of sp³-hybridized carbons (Fsp3) is 0.833. The lowest BCUT2D eigenvalue weighted by atomic mass is 9.94. The summed E-state index contributed by atoms with van der Waals surface area (Å²) in [5.74, 6) is 0. The van der Waals surface area contributed by atoms with Gasteiger partial charge in [0.15, 0.2) is 0 Å². The van der Waals surface area contributed by atoms with Gasteiger partial charge in [0.1, 0.15) is 5.51 Å². The zero-order valence-corrected chi connectivity index (χ0v) is 11.4. The van der Waals surface area contributed by atoms with Gasteiger partial charge in [0, 0.05) is 12.6 Å². The number of anilines is 1. The molecule has 1 heterocycles. The summed E-state index contributed by atoms with van der Waals surface area (Å²) in [5.41, 5.74) is 1.76. The second-order valence-corrected chi connectivity index (χ2v) is 5.63. The molecule has 1 aliphatic rings. The summed E-state index contributed by atoms with van der Waals surface area (Å²) in [7, 11) is 2.26. The third-order valence-electron chi connectivity index (χ3n) is 3.52. The molecule has 1 aromatic heterocycles. The quantitative estimate of drug-likeness (QED) is 0.792. The molecule has 96 valence electrons. The van der Waals surface area contributed by atoms with Gasteiger partial charge in [-0.25, -0.2) is 0 Å². The van der Waals surface area contributed by atoms with E-state index in [4.69, 9.17) is 0 Å². The summed E-state index contributed by atoms with van der Waals surface area (Å²) < 4.78 is 0. The van der Waals surface area contributed by atoms with Gasteiger partial charge in [0.2, 0.25) is 5.13 Å². The predicted octanol–water partition coefficient (Wildman–Crippen LogP) is 2.60. The zero-order chi connectivity index (χ0) is 11.9. The van der Waals surface area contributed by atoms with Crippen LogP contribution in [0.15, 0.2) is 5.51 Å². The normalized spacial score (nSPS) is 17.5. The fourth-order valence-corrected chi connectivity index (χ4v) is 2.95. The van der Waals surface area contributed by atoms with E-state index in [1.165, 1.54) is 45.1 Å². The molecular weight excluding hydrogens is 232 g/mol. The predicted molar refractivity (Wildman–Crippen MR) is 72.5 cm³/mol. The molecule has 2 rings (SSSR count). The molecule has 0 radical (unpaired) electrons. The van der Waals surface area contributed by atoms with Crippen LogP contribution in [0.2, 0.25) is 0 Å². The maximum Gasteiger partial charge on any atom is 0.205 e. The second kappa shape index (κ2) is 6.91. The van der Waals surface area contributed by atoms with Gasteiger partial charge in [-0.1, -0.05) is 30.6 Å². The highest BCUT2D eigenvalue weighted by molar-refractivity contribution is 7.13. The highest BCUT2D eigenvalue weighted by Crippen LogP contribution is 2.21. The van der Waals surface area contributed by atoms with E-state index >= 15 is 0 Å². The lowest BCUT2D eigenvalue weighted by Crippen LogP contribution is -2.34. The van der Waals surface area contributed by atoms with E-state index in [0.717, 1.165) is 17.7 Å². The molecule has 0 amide bonds. The molecule has 0 atom stereocenters. The van der Waals surface area contributed by atoms with Crippen LogP contribution in [-0.2, 0) is 0 Å². The molecule has 1 aromatic rings. The maximum absolute atomic E-state index is 3.97. The number of aromatic nitrogens is 2. The van der Waals surface area contributed by atoms with E-state index in [2.05, 4.69) is 27.5 Å². The number of hydrogen-bond donors (Lipinski definition) is 1. The molecule has 1 saturated carbocycles. The number of hydrogen-bond acceptors (Lipinski definition) is 5. The van der Waals surface area contributed by atoms with Crippen molar-refractivity contribution in [3.8, 4) is 0 Å². The Morgan fingerprint density at radius 1 is 1.41 bits per heavy atom. The van der Waals surface area contributed by atoms with E-state index in [-0.39, 0.29) is 0 Å². The van der Waals surface area contributed by atoms with E-state index in [0.29, 0.717) is 0 Å². The fourth-order valence-electron chi connectivity index (χ4n) is 2.48. The van der Waals surface area contributed by atoms with Gasteiger partial charge < -0.3 is 10.2 Å². The van der Waals surface area contributed by atoms with Crippen molar-refractivity contribution in [1.82, 2.24) is 15.1 Å². The van der Waals surface area contributed by atoms with Crippen LogP contribution >= 0.6 is 11.3 Å². The Bertz CT molecular complexity index is 295. The van der Waals surface area contributed by atoms with Crippen LogP contribution in [0.3, 0.4) is 0 Å². The minimum atomic E-state index is 0.824. The first kappa shape index (κ1) is 12.8. The van der Waals surface area contributed by atoms with Crippen LogP contribution in [0.5, 0.6) is 0 Å². The first-order valence-electron chi connectivity index (χ1n) is 6.56. The molecule has 4 nitrogen and oxygen atoms in total. The first-order valence-corrected chi connectivity index (χ1v) is 7.44. The lowest BCUT2D eigenvalue weighted by Gasteiger charge is -2.31. The molecule has 1 fully saturated rings. The molecule has 0 unspecified atom stereocenters. The average Bonchev–Trinajstić information content (AvgIpc) is 2.88. The standard InChI is InChI=1S/C12H22N4S/c1-16(11-6-3-2-4-7-11)9-5-8-13-12-15-14-10-17-12/h10-11H,2-9H2,1H3,(H,13,15). The largest absolute Gasteiger partial charge is 0.360 e. The summed E-state index contributed by atoms with van der Waals surface area (Å²) in [6, 6.07) is 0.824. The Hall–Kier alpha value is -0.680. The molecule has 17 heavy (non-hydrogen) atoms. The zero-order valence-electron chi connectivity index (χ0n) is 10.6. The third-order valence-corrected chi connectivity index (χ3v) is 4.17. The summed E-state index contributed by atoms with van der Waals surface area (Å²) in [5, 5.41) is 12.0. The minimum Gasteiger partial charge on any atom is -0.360 e. The van der Waals surface area contributed by atoms with Gasteiger partial charge in [-0.2, -0.15) is 0 Å². The Kier molecular flexibility index (Phi) is 5.19. The third kappa shape index (κ3) is 4.24. The van der Waals surface area contributed by atoms with Crippen LogP contribution in [0.1, 0.15) is 38.5 Å². The van der Waals surface area contributed by atoms with Crippen LogP contribution < -0.4 is 5.32 Å². The molecule has 0 aromatic carbocycles. The monoisotopic (exact) mass is 254 g/mol. The minimum absolute atomic E-state index is 0.824. The first-order chi connectivity index (χ1) is 8.36. The topological polar surface area (TPSA) is 41.0 Å². The molecule has 5 heteroatoms. The molecule has 1 aliphatic carbocycles. The van der Waals surface area contributed by atoms with Crippen molar-refractivity contribution in [2.45, 2.75) is 44.6 Å². The molecule has 0 aliphatic heterocycles. The summed E-state index contributed by atoms with van der Waals surface area (Å²) >= 11 is 1.56. The Morgan fingerprint density at radius 2 is 2.24 bits per heavy atom. The van der Waals surface area contributed by atoms with Crippen molar-refractivity contribution in [2.75, 3.05) is 25.5 Å². The van der Waals surface area contributed by atoms with Crippen LogP contribution in [0.25, 0.3) is 0 Å². The van der Waals surface area contributed by atoms with E-state index < -0.39 is 0 Å². The lowest BCUT2D eigenvalue weighted by molar-refractivity contribution is 0.191. The number of nitrogens with zero attached hydrogens (tertiary/aromatic N) is 3. The maximum atomic E-state index is 3.97. The molecule has 0 bridgehead atoms. The summed E-state index contributed by atoms with van der Waals surface area (Å²) in [4.78, 5) is 2.53. The summed E-state index contributed by atoms with van der Waals surface area (Å²) in [6.07, 6.45) is 8.21.